The fraction of sp³-hybridized carbons (Fsp3) is 0.222. The van der Waals surface area contributed by atoms with Crippen LogP contribution in [0.1, 0.15) is 21.5 Å². The van der Waals surface area contributed by atoms with Crippen molar-refractivity contribution in [2.24, 2.45) is 0 Å². The van der Waals surface area contributed by atoms with Gasteiger partial charge in [0.15, 0.2) is 0 Å². The molecule has 0 aliphatic heterocycles. The first kappa shape index (κ1) is 9.07. The molecular formula is C9H8ClO2-. The molecule has 12 heavy (non-hydrogen) atoms. The highest BCUT2D eigenvalue weighted by molar-refractivity contribution is 6.32. The lowest BCUT2D eigenvalue weighted by Crippen LogP contribution is -2.23. The number of carboxylic acid groups (broad SMARTS) is 1. The molecule has 0 N–H and O–H groups in total. The van der Waals surface area contributed by atoms with E-state index >= 15 is 0 Å². The van der Waals surface area contributed by atoms with Gasteiger partial charge in [-0.2, -0.15) is 0 Å². The Labute approximate surface area is 75.8 Å². The van der Waals surface area contributed by atoms with Crippen molar-refractivity contribution >= 4 is 17.6 Å². The molecule has 0 fully saturated rings. The second-order valence-corrected chi connectivity index (χ2v) is 3.03. The van der Waals surface area contributed by atoms with Crippen LogP contribution in [0.15, 0.2) is 12.1 Å². The van der Waals surface area contributed by atoms with E-state index in [2.05, 4.69) is 0 Å². The quantitative estimate of drug-likeness (QED) is 0.659. The van der Waals surface area contributed by atoms with Gasteiger partial charge in [0.25, 0.3) is 0 Å². The second-order valence-electron chi connectivity index (χ2n) is 2.66. The fourth-order valence-corrected chi connectivity index (χ4v) is 1.21. The van der Waals surface area contributed by atoms with Gasteiger partial charge in [0.1, 0.15) is 0 Å². The van der Waals surface area contributed by atoms with Crippen molar-refractivity contribution in [2.45, 2.75) is 13.8 Å². The maximum absolute atomic E-state index is 10.5. The summed E-state index contributed by atoms with van der Waals surface area (Å²) in [6.07, 6.45) is 0. The van der Waals surface area contributed by atoms with Gasteiger partial charge in [0.2, 0.25) is 0 Å². The summed E-state index contributed by atoms with van der Waals surface area (Å²) in [5, 5.41) is 11.0. The summed E-state index contributed by atoms with van der Waals surface area (Å²) >= 11 is 5.84. The van der Waals surface area contributed by atoms with E-state index in [1.54, 1.807) is 13.0 Å². The monoisotopic (exact) mass is 183 g/mol. The molecule has 0 aliphatic rings. The van der Waals surface area contributed by atoms with Crippen LogP contribution in [0, 0.1) is 13.8 Å². The summed E-state index contributed by atoms with van der Waals surface area (Å²) in [4.78, 5) is 10.5. The standard InChI is InChI=1S/C9H9ClO2/c1-5-3-4-7(9(11)12)6(2)8(5)10/h3-4H,1-2H3,(H,11,12)/p-1. The van der Waals surface area contributed by atoms with Gasteiger partial charge >= 0.3 is 0 Å². The molecule has 0 atom stereocenters. The predicted molar refractivity (Wildman–Crippen MR) is 45.3 cm³/mol. The fourth-order valence-electron chi connectivity index (χ4n) is 1.04. The van der Waals surface area contributed by atoms with Gasteiger partial charge in [-0.05, 0) is 25.0 Å². The number of carboxylic acids is 1. The molecule has 0 saturated carbocycles. The van der Waals surface area contributed by atoms with Crippen molar-refractivity contribution in [1.29, 1.82) is 0 Å². The summed E-state index contributed by atoms with van der Waals surface area (Å²) < 4.78 is 0. The smallest absolute Gasteiger partial charge is 0.0718 e. The van der Waals surface area contributed by atoms with E-state index < -0.39 is 5.97 Å². The lowest BCUT2D eigenvalue weighted by molar-refractivity contribution is -0.255. The van der Waals surface area contributed by atoms with Crippen LogP contribution in [-0.4, -0.2) is 5.97 Å². The minimum atomic E-state index is -1.19. The van der Waals surface area contributed by atoms with Gasteiger partial charge in [0, 0.05) is 10.6 Å². The zero-order valence-corrected chi connectivity index (χ0v) is 7.61. The Morgan fingerprint density at radius 1 is 1.42 bits per heavy atom. The normalized spacial score (nSPS) is 9.92. The van der Waals surface area contributed by atoms with E-state index in [0.29, 0.717) is 10.6 Å². The molecule has 1 aromatic rings. The summed E-state index contributed by atoms with van der Waals surface area (Å²) in [6, 6.07) is 3.17. The van der Waals surface area contributed by atoms with E-state index in [0.717, 1.165) is 5.56 Å². The van der Waals surface area contributed by atoms with Crippen LogP contribution in [0.2, 0.25) is 5.02 Å². The number of carbonyl (C=O) groups is 1. The molecule has 0 aliphatic carbocycles. The molecule has 1 rings (SSSR count). The van der Waals surface area contributed by atoms with E-state index in [1.807, 2.05) is 6.92 Å². The maximum atomic E-state index is 10.5. The SMILES string of the molecule is Cc1ccc(C(=O)[O-])c(C)c1Cl. The Hall–Kier alpha value is -1.02. The average Bonchev–Trinajstić information content (AvgIpc) is 2.00. The summed E-state index contributed by atoms with van der Waals surface area (Å²) in [7, 11) is 0. The van der Waals surface area contributed by atoms with Gasteiger partial charge in [0.05, 0.1) is 5.97 Å². The molecule has 1 aromatic carbocycles. The van der Waals surface area contributed by atoms with Crippen LogP contribution in [0.25, 0.3) is 0 Å². The molecule has 2 nitrogen and oxygen atoms in total. The zero-order chi connectivity index (χ0) is 9.30. The number of benzene rings is 1. The molecule has 0 bridgehead atoms. The predicted octanol–water partition coefficient (Wildman–Crippen LogP) is 1.32. The molecule has 0 saturated heterocycles. The number of aromatic carboxylic acids is 1. The number of halogens is 1. The van der Waals surface area contributed by atoms with Crippen LogP contribution in [0.4, 0.5) is 0 Å². The molecule has 3 heteroatoms. The number of carbonyl (C=O) groups excluding carboxylic acids is 1. The van der Waals surface area contributed by atoms with E-state index in [4.69, 9.17) is 11.6 Å². The molecule has 0 spiro atoms. The van der Waals surface area contributed by atoms with Crippen molar-refractivity contribution in [3.05, 3.63) is 33.8 Å². The molecule has 0 heterocycles. The maximum Gasteiger partial charge on any atom is 0.0718 e. The minimum absolute atomic E-state index is 0.158. The number of hydrogen-bond donors (Lipinski definition) is 0. The lowest BCUT2D eigenvalue weighted by atomic mass is 10.1. The Morgan fingerprint density at radius 3 is 2.50 bits per heavy atom. The Balaban J connectivity index is 3.36. The van der Waals surface area contributed by atoms with Crippen molar-refractivity contribution in [2.75, 3.05) is 0 Å². The summed E-state index contributed by atoms with van der Waals surface area (Å²) in [5.74, 6) is -1.19. The highest BCUT2D eigenvalue weighted by atomic mass is 35.5. The van der Waals surface area contributed by atoms with Gasteiger partial charge < -0.3 is 9.90 Å². The zero-order valence-electron chi connectivity index (χ0n) is 6.85. The van der Waals surface area contributed by atoms with Crippen LogP contribution < -0.4 is 5.11 Å². The Bertz CT molecular complexity index is 332. The van der Waals surface area contributed by atoms with Gasteiger partial charge in [-0.25, -0.2) is 0 Å². The van der Waals surface area contributed by atoms with Crippen molar-refractivity contribution in [1.82, 2.24) is 0 Å². The third-order valence-corrected chi connectivity index (χ3v) is 2.38. The van der Waals surface area contributed by atoms with Gasteiger partial charge in [-0.15, -0.1) is 0 Å². The molecule has 0 unspecified atom stereocenters. The highest BCUT2D eigenvalue weighted by Crippen LogP contribution is 2.22. The number of aryl methyl sites for hydroxylation is 1. The largest absolute Gasteiger partial charge is 0.545 e. The van der Waals surface area contributed by atoms with Gasteiger partial charge in [-0.3, -0.25) is 0 Å². The summed E-state index contributed by atoms with van der Waals surface area (Å²) in [5.41, 5.74) is 1.60. The first-order chi connectivity index (χ1) is 5.54. The lowest BCUT2D eigenvalue weighted by Gasteiger charge is -2.09. The third kappa shape index (κ3) is 1.43. The van der Waals surface area contributed by atoms with E-state index in [-0.39, 0.29) is 5.56 Å². The first-order valence-electron chi connectivity index (χ1n) is 3.51. The molecule has 64 valence electrons. The average molecular weight is 184 g/mol. The van der Waals surface area contributed by atoms with Gasteiger partial charge in [-0.1, -0.05) is 23.7 Å². The minimum Gasteiger partial charge on any atom is -0.545 e. The van der Waals surface area contributed by atoms with Crippen molar-refractivity contribution in [3.63, 3.8) is 0 Å². The topological polar surface area (TPSA) is 40.1 Å². The van der Waals surface area contributed by atoms with Crippen LogP contribution in [0.5, 0.6) is 0 Å². The van der Waals surface area contributed by atoms with Crippen molar-refractivity contribution in [3.8, 4) is 0 Å². The van der Waals surface area contributed by atoms with E-state index in [1.165, 1.54) is 6.07 Å². The molecule has 0 aromatic heterocycles. The molecule has 0 amide bonds. The Kier molecular flexibility index (Phi) is 2.38. The Morgan fingerprint density at radius 2 is 2.00 bits per heavy atom. The van der Waals surface area contributed by atoms with Crippen LogP contribution in [-0.2, 0) is 0 Å². The summed E-state index contributed by atoms with van der Waals surface area (Å²) in [6.45, 7) is 3.49. The third-order valence-electron chi connectivity index (χ3n) is 1.80. The second kappa shape index (κ2) is 3.15. The first-order valence-corrected chi connectivity index (χ1v) is 3.89. The van der Waals surface area contributed by atoms with Crippen LogP contribution >= 0.6 is 11.6 Å². The van der Waals surface area contributed by atoms with Crippen molar-refractivity contribution < 1.29 is 9.90 Å². The number of rotatable bonds is 1. The number of hydrogen-bond acceptors (Lipinski definition) is 2. The highest BCUT2D eigenvalue weighted by Gasteiger charge is 2.04. The molecule has 0 radical (unpaired) electrons. The molecular weight excluding hydrogens is 176 g/mol. The van der Waals surface area contributed by atoms with E-state index in [9.17, 15) is 9.90 Å². The van der Waals surface area contributed by atoms with Crippen LogP contribution in [0.3, 0.4) is 0 Å².